The highest BCUT2D eigenvalue weighted by molar-refractivity contribution is 5.92. The van der Waals surface area contributed by atoms with Gasteiger partial charge in [0.1, 0.15) is 11.5 Å². The third-order valence-corrected chi connectivity index (χ3v) is 2.91. The molecule has 0 fully saturated rings. The molecule has 1 amide bonds. The average molecular weight is 275 g/mol. The van der Waals surface area contributed by atoms with E-state index in [2.05, 4.69) is 10.4 Å². The summed E-state index contributed by atoms with van der Waals surface area (Å²) in [5.74, 6) is -0.843. The molecule has 104 valence electrons. The quantitative estimate of drug-likeness (QED) is 0.921. The zero-order chi connectivity index (χ0) is 14.7. The van der Waals surface area contributed by atoms with E-state index in [1.54, 1.807) is 25.1 Å². The Balaban J connectivity index is 2.17. The molecule has 6 heteroatoms. The van der Waals surface area contributed by atoms with E-state index >= 15 is 0 Å². The van der Waals surface area contributed by atoms with E-state index in [-0.39, 0.29) is 17.1 Å². The molecule has 0 spiro atoms. The van der Waals surface area contributed by atoms with E-state index in [0.717, 1.165) is 4.68 Å². The lowest BCUT2D eigenvalue weighted by atomic mass is 10.1. The van der Waals surface area contributed by atoms with Gasteiger partial charge in [-0.3, -0.25) is 9.59 Å². The van der Waals surface area contributed by atoms with Crippen molar-refractivity contribution in [3.63, 3.8) is 0 Å². The number of halogens is 1. The van der Waals surface area contributed by atoms with Gasteiger partial charge in [0.05, 0.1) is 6.04 Å². The Morgan fingerprint density at radius 3 is 2.65 bits per heavy atom. The van der Waals surface area contributed by atoms with Crippen LogP contribution in [0, 0.1) is 5.82 Å². The molecule has 0 bridgehead atoms. The third kappa shape index (κ3) is 2.90. The van der Waals surface area contributed by atoms with Crippen LogP contribution in [0.15, 0.2) is 41.2 Å². The van der Waals surface area contributed by atoms with Gasteiger partial charge in [0.2, 0.25) is 0 Å². The normalized spacial score (nSPS) is 11.9. The summed E-state index contributed by atoms with van der Waals surface area (Å²) in [5.41, 5.74) is 0.199. The fraction of sp³-hybridized carbons (Fsp3) is 0.214. The molecular formula is C14H14FN3O2. The Hall–Kier alpha value is -2.50. The predicted molar refractivity (Wildman–Crippen MR) is 71.8 cm³/mol. The van der Waals surface area contributed by atoms with Crippen LogP contribution in [0.25, 0.3) is 0 Å². The van der Waals surface area contributed by atoms with Crippen molar-refractivity contribution < 1.29 is 9.18 Å². The molecule has 0 unspecified atom stereocenters. The number of aromatic nitrogens is 2. The Morgan fingerprint density at radius 1 is 1.30 bits per heavy atom. The molecule has 5 nitrogen and oxygen atoms in total. The lowest BCUT2D eigenvalue weighted by molar-refractivity contribution is 0.0932. The maximum Gasteiger partial charge on any atom is 0.272 e. The molecule has 0 aliphatic heterocycles. The largest absolute Gasteiger partial charge is 0.344 e. The maximum atomic E-state index is 13.6. The van der Waals surface area contributed by atoms with Crippen molar-refractivity contribution in [2.24, 2.45) is 7.05 Å². The topological polar surface area (TPSA) is 64.0 Å². The Morgan fingerprint density at radius 2 is 2.00 bits per heavy atom. The van der Waals surface area contributed by atoms with Crippen LogP contribution in [0.1, 0.15) is 29.0 Å². The standard InChI is InChI=1S/C14H14FN3O2/c1-9(10-5-3-4-6-11(10)15)16-14(20)12-7-8-13(19)18(2)17-12/h3-9H,1-2H3,(H,16,20)/t9-/m0/s1. The Bertz CT molecular complexity index is 697. The number of amides is 1. The highest BCUT2D eigenvalue weighted by Gasteiger charge is 2.15. The summed E-state index contributed by atoms with van der Waals surface area (Å²) in [6.07, 6.45) is 0. The molecule has 1 aromatic heterocycles. The van der Waals surface area contributed by atoms with Crippen molar-refractivity contribution >= 4 is 5.91 Å². The summed E-state index contributed by atoms with van der Waals surface area (Å²) in [6.45, 7) is 1.68. The van der Waals surface area contributed by atoms with Crippen molar-refractivity contribution in [1.29, 1.82) is 0 Å². The van der Waals surface area contributed by atoms with Gasteiger partial charge in [-0.05, 0) is 19.1 Å². The number of aryl methyl sites for hydroxylation is 1. The zero-order valence-corrected chi connectivity index (χ0v) is 11.1. The number of hydrogen-bond donors (Lipinski definition) is 1. The van der Waals surface area contributed by atoms with Gasteiger partial charge in [0.15, 0.2) is 0 Å². The van der Waals surface area contributed by atoms with Crippen LogP contribution in [0.3, 0.4) is 0 Å². The summed E-state index contributed by atoms with van der Waals surface area (Å²) in [6, 6.07) is 8.33. The number of carbonyl (C=O) groups excluding carboxylic acids is 1. The molecule has 0 aliphatic carbocycles. The lowest BCUT2D eigenvalue weighted by Crippen LogP contribution is -2.30. The van der Waals surface area contributed by atoms with Gasteiger partial charge in [0, 0.05) is 18.7 Å². The van der Waals surface area contributed by atoms with Gasteiger partial charge < -0.3 is 5.32 Å². The van der Waals surface area contributed by atoms with Gasteiger partial charge in [-0.15, -0.1) is 0 Å². The fourth-order valence-electron chi connectivity index (χ4n) is 1.80. The monoisotopic (exact) mass is 275 g/mol. The minimum atomic E-state index is -0.497. The highest BCUT2D eigenvalue weighted by Crippen LogP contribution is 2.16. The molecule has 1 atom stereocenters. The van der Waals surface area contributed by atoms with E-state index in [9.17, 15) is 14.0 Å². The van der Waals surface area contributed by atoms with Gasteiger partial charge in [0.25, 0.3) is 11.5 Å². The van der Waals surface area contributed by atoms with Crippen molar-refractivity contribution in [2.45, 2.75) is 13.0 Å². The van der Waals surface area contributed by atoms with Crippen molar-refractivity contribution in [3.8, 4) is 0 Å². The molecule has 0 saturated carbocycles. The molecule has 1 N–H and O–H groups in total. The fourth-order valence-corrected chi connectivity index (χ4v) is 1.80. The first-order valence-corrected chi connectivity index (χ1v) is 6.08. The molecular weight excluding hydrogens is 261 g/mol. The number of hydrogen-bond acceptors (Lipinski definition) is 3. The SMILES string of the molecule is C[C@H](NC(=O)c1ccc(=O)n(C)n1)c1ccccc1F. The molecule has 2 rings (SSSR count). The summed E-state index contributed by atoms with van der Waals surface area (Å²) in [5, 5.41) is 6.48. The first kappa shape index (κ1) is 13.9. The summed E-state index contributed by atoms with van der Waals surface area (Å²) < 4.78 is 14.7. The van der Waals surface area contributed by atoms with Crippen LogP contribution >= 0.6 is 0 Å². The number of carbonyl (C=O) groups is 1. The third-order valence-electron chi connectivity index (χ3n) is 2.91. The number of rotatable bonds is 3. The molecule has 0 radical (unpaired) electrons. The maximum absolute atomic E-state index is 13.6. The highest BCUT2D eigenvalue weighted by atomic mass is 19.1. The molecule has 2 aromatic rings. The van der Waals surface area contributed by atoms with Crippen LogP contribution in [0.4, 0.5) is 4.39 Å². The van der Waals surface area contributed by atoms with E-state index in [0.29, 0.717) is 5.56 Å². The van der Waals surface area contributed by atoms with Crippen LogP contribution in [-0.2, 0) is 7.05 Å². The minimum absolute atomic E-state index is 0.107. The van der Waals surface area contributed by atoms with E-state index in [1.165, 1.54) is 25.2 Å². The molecule has 0 aliphatic rings. The van der Waals surface area contributed by atoms with Crippen LogP contribution in [0.5, 0.6) is 0 Å². The van der Waals surface area contributed by atoms with Crippen molar-refractivity contribution in [3.05, 3.63) is 63.8 Å². The number of nitrogens with one attached hydrogen (secondary N) is 1. The van der Waals surface area contributed by atoms with E-state index in [1.807, 2.05) is 0 Å². The molecule has 0 saturated heterocycles. The molecule has 1 heterocycles. The minimum Gasteiger partial charge on any atom is -0.344 e. The number of benzene rings is 1. The lowest BCUT2D eigenvalue weighted by Gasteiger charge is -2.14. The van der Waals surface area contributed by atoms with Crippen molar-refractivity contribution in [2.75, 3.05) is 0 Å². The Kier molecular flexibility index (Phi) is 3.93. The molecule has 1 aromatic carbocycles. The van der Waals surface area contributed by atoms with Crippen molar-refractivity contribution in [1.82, 2.24) is 15.1 Å². The smallest absolute Gasteiger partial charge is 0.272 e. The first-order chi connectivity index (χ1) is 9.49. The second-order valence-corrected chi connectivity index (χ2v) is 4.40. The van der Waals surface area contributed by atoms with Crippen LogP contribution < -0.4 is 10.9 Å². The average Bonchev–Trinajstić information content (AvgIpc) is 2.42. The summed E-state index contributed by atoms with van der Waals surface area (Å²) >= 11 is 0. The van der Waals surface area contributed by atoms with E-state index in [4.69, 9.17) is 0 Å². The van der Waals surface area contributed by atoms with E-state index < -0.39 is 11.9 Å². The van der Waals surface area contributed by atoms with Crippen LogP contribution in [0.2, 0.25) is 0 Å². The second kappa shape index (κ2) is 5.64. The van der Waals surface area contributed by atoms with Gasteiger partial charge in [-0.1, -0.05) is 18.2 Å². The first-order valence-electron chi connectivity index (χ1n) is 6.08. The van der Waals surface area contributed by atoms with Gasteiger partial charge >= 0.3 is 0 Å². The summed E-state index contributed by atoms with van der Waals surface area (Å²) in [4.78, 5) is 23.2. The van der Waals surface area contributed by atoms with Gasteiger partial charge in [-0.2, -0.15) is 5.10 Å². The summed E-state index contributed by atoms with van der Waals surface area (Å²) in [7, 11) is 1.46. The second-order valence-electron chi connectivity index (χ2n) is 4.40. The number of nitrogens with zero attached hydrogens (tertiary/aromatic N) is 2. The molecule has 20 heavy (non-hydrogen) atoms. The van der Waals surface area contributed by atoms with Crippen LogP contribution in [-0.4, -0.2) is 15.7 Å². The Labute approximate surface area is 115 Å². The zero-order valence-electron chi connectivity index (χ0n) is 11.1. The van der Waals surface area contributed by atoms with Gasteiger partial charge in [-0.25, -0.2) is 9.07 Å². The predicted octanol–water partition coefficient (Wildman–Crippen LogP) is 1.41.